The quantitative estimate of drug-likeness (QED) is 0.442. The van der Waals surface area contributed by atoms with Crippen LogP contribution in [-0.4, -0.2) is 42.3 Å². The van der Waals surface area contributed by atoms with Gasteiger partial charge in [0.05, 0.1) is 6.61 Å². The summed E-state index contributed by atoms with van der Waals surface area (Å²) in [5, 5.41) is 0. The van der Waals surface area contributed by atoms with Crippen LogP contribution in [0.15, 0.2) is 64.2 Å². The monoisotopic (exact) mass is 468 g/mol. The van der Waals surface area contributed by atoms with Gasteiger partial charge in [0.25, 0.3) is 11.5 Å². The smallest absolute Gasteiger partial charge is 0.330 e. The van der Waals surface area contributed by atoms with E-state index in [1.54, 1.807) is 24.3 Å². The number of carbonyl (C=O) groups excluding carboxylic acids is 1. The molecule has 0 saturated carbocycles. The van der Waals surface area contributed by atoms with Crippen molar-refractivity contribution in [3.05, 3.63) is 75.4 Å². The number of nitrogen functional groups attached to an aromatic ring is 1. The number of para-hydroxylation sites is 1. The summed E-state index contributed by atoms with van der Waals surface area (Å²) < 4.78 is 17.7. The molecule has 34 heavy (non-hydrogen) atoms. The first-order valence-corrected chi connectivity index (χ1v) is 10.8. The molecule has 10 nitrogen and oxygen atoms in total. The molecular weight excluding hydrogens is 440 g/mol. The number of nitrogens with two attached hydrogens (primary N) is 1. The lowest BCUT2D eigenvalue weighted by molar-refractivity contribution is -0.120. The van der Waals surface area contributed by atoms with E-state index in [1.165, 1.54) is 16.6 Å². The van der Waals surface area contributed by atoms with Gasteiger partial charge in [0, 0.05) is 20.2 Å². The number of rotatable bonds is 11. The first kappa shape index (κ1) is 24.6. The zero-order chi connectivity index (χ0) is 24.5. The second-order valence-electron chi connectivity index (χ2n) is 7.36. The number of hydrogen-bond donors (Lipinski definition) is 2. The number of anilines is 2. The van der Waals surface area contributed by atoms with E-state index in [1.807, 2.05) is 37.3 Å². The molecule has 0 atom stereocenters. The molecule has 0 saturated heterocycles. The van der Waals surface area contributed by atoms with Gasteiger partial charge in [-0.05, 0) is 42.8 Å². The van der Waals surface area contributed by atoms with Gasteiger partial charge in [-0.15, -0.1) is 0 Å². The van der Waals surface area contributed by atoms with E-state index in [-0.39, 0.29) is 31.3 Å². The van der Waals surface area contributed by atoms with Crippen molar-refractivity contribution in [2.45, 2.75) is 19.9 Å². The molecule has 0 fully saturated rings. The fraction of sp³-hybridized carbons (Fsp3) is 0.292. The Labute approximate surface area is 196 Å². The van der Waals surface area contributed by atoms with Crippen molar-refractivity contribution in [2.75, 3.05) is 37.5 Å². The lowest BCUT2D eigenvalue weighted by Gasteiger charge is -2.24. The lowest BCUT2D eigenvalue weighted by Crippen LogP contribution is -2.44. The van der Waals surface area contributed by atoms with Crippen LogP contribution in [0, 0.1) is 0 Å². The summed E-state index contributed by atoms with van der Waals surface area (Å²) in [6, 6.07) is 16.1. The minimum atomic E-state index is -0.748. The second kappa shape index (κ2) is 11.7. The Hall–Kier alpha value is -4.05. The number of aromatic amines is 1. The van der Waals surface area contributed by atoms with Gasteiger partial charge in [-0.25, -0.2) is 4.79 Å². The molecule has 3 aromatic rings. The first-order chi connectivity index (χ1) is 16.4. The van der Waals surface area contributed by atoms with Gasteiger partial charge in [-0.3, -0.25) is 24.0 Å². The lowest BCUT2D eigenvalue weighted by atomic mass is 10.3. The maximum atomic E-state index is 13.0. The van der Waals surface area contributed by atoms with E-state index < -0.39 is 17.2 Å². The van der Waals surface area contributed by atoms with Crippen LogP contribution in [0.2, 0.25) is 0 Å². The van der Waals surface area contributed by atoms with Crippen molar-refractivity contribution in [3.63, 3.8) is 0 Å². The van der Waals surface area contributed by atoms with Crippen LogP contribution < -0.4 is 31.4 Å². The highest BCUT2D eigenvalue weighted by molar-refractivity contribution is 5.96. The van der Waals surface area contributed by atoms with E-state index in [0.29, 0.717) is 30.2 Å². The highest BCUT2D eigenvalue weighted by Crippen LogP contribution is 2.24. The van der Waals surface area contributed by atoms with Crippen LogP contribution in [0.3, 0.4) is 0 Å². The Morgan fingerprint density at radius 3 is 2.32 bits per heavy atom. The predicted octanol–water partition coefficient (Wildman–Crippen LogP) is 2.38. The Morgan fingerprint density at radius 2 is 1.68 bits per heavy atom. The summed E-state index contributed by atoms with van der Waals surface area (Å²) in [5.74, 6) is 1.16. The second-order valence-corrected chi connectivity index (χ2v) is 7.36. The summed E-state index contributed by atoms with van der Waals surface area (Å²) in [6.45, 7) is 2.03. The summed E-state index contributed by atoms with van der Waals surface area (Å²) >= 11 is 0. The van der Waals surface area contributed by atoms with Gasteiger partial charge >= 0.3 is 5.69 Å². The topological polar surface area (TPSA) is 129 Å². The van der Waals surface area contributed by atoms with Crippen molar-refractivity contribution in [2.24, 2.45) is 0 Å². The Balaban J connectivity index is 1.75. The van der Waals surface area contributed by atoms with Gasteiger partial charge in [0.2, 0.25) is 0 Å². The summed E-state index contributed by atoms with van der Waals surface area (Å²) in [6.07, 6.45) is 0.620. The van der Waals surface area contributed by atoms with Crippen LogP contribution >= 0.6 is 0 Å². The van der Waals surface area contributed by atoms with Crippen LogP contribution in [-0.2, 0) is 16.1 Å². The number of carbonyl (C=O) groups is 1. The third kappa shape index (κ3) is 6.04. The number of methoxy groups -OCH3 is 1. The molecule has 0 aliphatic rings. The molecule has 3 N–H and O–H groups in total. The standard InChI is InChI=1S/C24H28N4O6/c1-3-13-28-22(25)21(23(30)26-24(28)31)27(14-15-32-2)20(29)16-33-17-9-11-19(12-10-17)34-18-7-5-4-6-8-18/h4-12H,3,13-16,25H2,1-2H3,(H,26,30,31). The molecule has 0 unspecified atom stereocenters. The number of benzene rings is 2. The predicted molar refractivity (Wildman–Crippen MR) is 129 cm³/mol. The number of hydrogen-bond acceptors (Lipinski definition) is 7. The minimum Gasteiger partial charge on any atom is -0.484 e. The number of aromatic nitrogens is 2. The zero-order valence-electron chi connectivity index (χ0n) is 19.2. The first-order valence-electron chi connectivity index (χ1n) is 10.8. The summed E-state index contributed by atoms with van der Waals surface area (Å²) in [7, 11) is 1.48. The molecule has 3 rings (SSSR count). The summed E-state index contributed by atoms with van der Waals surface area (Å²) in [4.78, 5) is 41.1. The Bertz CT molecular complexity index is 1200. The summed E-state index contributed by atoms with van der Waals surface area (Å²) in [5.41, 5.74) is 4.64. The van der Waals surface area contributed by atoms with E-state index in [2.05, 4.69) is 4.98 Å². The van der Waals surface area contributed by atoms with Crippen molar-refractivity contribution in [1.82, 2.24) is 9.55 Å². The van der Waals surface area contributed by atoms with Crippen molar-refractivity contribution >= 4 is 17.4 Å². The number of ether oxygens (including phenoxy) is 3. The fourth-order valence-electron chi connectivity index (χ4n) is 3.28. The molecule has 180 valence electrons. The molecule has 1 heterocycles. The van der Waals surface area contributed by atoms with E-state index in [9.17, 15) is 14.4 Å². The van der Waals surface area contributed by atoms with Gasteiger partial charge in [-0.1, -0.05) is 25.1 Å². The highest BCUT2D eigenvalue weighted by Gasteiger charge is 2.24. The van der Waals surface area contributed by atoms with E-state index >= 15 is 0 Å². The largest absolute Gasteiger partial charge is 0.484 e. The number of amides is 1. The van der Waals surface area contributed by atoms with Gasteiger partial charge < -0.3 is 19.9 Å². The maximum Gasteiger partial charge on any atom is 0.330 e. The van der Waals surface area contributed by atoms with E-state index in [4.69, 9.17) is 19.9 Å². The number of nitrogens with zero attached hydrogens (tertiary/aromatic N) is 2. The SMILES string of the molecule is CCCn1c(N)c(N(CCOC)C(=O)COc2ccc(Oc3ccccc3)cc2)c(=O)[nH]c1=O. The molecule has 0 bridgehead atoms. The normalized spacial score (nSPS) is 10.6. The Kier molecular flexibility index (Phi) is 8.47. The average molecular weight is 469 g/mol. The minimum absolute atomic E-state index is 0.0557. The van der Waals surface area contributed by atoms with Crippen molar-refractivity contribution in [1.29, 1.82) is 0 Å². The molecular formula is C24H28N4O6. The average Bonchev–Trinajstić information content (AvgIpc) is 2.83. The van der Waals surface area contributed by atoms with Crippen LogP contribution in [0.4, 0.5) is 11.5 Å². The highest BCUT2D eigenvalue weighted by atomic mass is 16.5. The molecule has 1 aromatic heterocycles. The van der Waals surface area contributed by atoms with E-state index in [0.717, 1.165) is 0 Å². The number of H-pyrrole nitrogens is 1. The van der Waals surface area contributed by atoms with Crippen LogP contribution in [0.5, 0.6) is 17.2 Å². The van der Waals surface area contributed by atoms with Crippen molar-refractivity contribution in [3.8, 4) is 17.2 Å². The van der Waals surface area contributed by atoms with Gasteiger partial charge in [0.15, 0.2) is 12.3 Å². The van der Waals surface area contributed by atoms with Gasteiger partial charge in [0.1, 0.15) is 23.1 Å². The van der Waals surface area contributed by atoms with Crippen LogP contribution in [0.25, 0.3) is 0 Å². The Morgan fingerprint density at radius 1 is 1.03 bits per heavy atom. The molecule has 0 spiro atoms. The molecule has 10 heteroatoms. The fourth-order valence-corrected chi connectivity index (χ4v) is 3.28. The molecule has 0 aliphatic heterocycles. The number of nitrogens with one attached hydrogen (secondary N) is 1. The maximum absolute atomic E-state index is 13.0. The van der Waals surface area contributed by atoms with Crippen LogP contribution in [0.1, 0.15) is 13.3 Å². The molecule has 2 aromatic carbocycles. The zero-order valence-corrected chi connectivity index (χ0v) is 19.2. The third-order valence-electron chi connectivity index (χ3n) is 4.92. The van der Waals surface area contributed by atoms with Crippen molar-refractivity contribution < 1.29 is 19.0 Å². The molecule has 1 amide bonds. The van der Waals surface area contributed by atoms with Gasteiger partial charge in [-0.2, -0.15) is 0 Å². The molecule has 0 aliphatic carbocycles. The molecule has 0 radical (unpaired) electrons. The third-order valence-corrected chi connectivity index (χ3v) is 4.92.